The molecular formula is C14H15F3N2O. The second-order valence-corrected chi connectivity index (χ2v) is 4.54. The average molecular weight is 284 g/mol. The van der Waals surface area contributed by atoms with E-state index in [-0.39, 0.29) is 6.61 Å². The number of aryl methyl sites for hydroxylation is 1. The molecule has 0 saturated heterocycles. The first-order valence-electron chi connectivity index (χ1n) is 6.25. The van der Waals surface area contributed by atoms with Crippen LogP contribution in [-0.2, 0) is 12.6 Å². The summed E-state index contributed by atoms with van der Waals surface area (Å²) in [5.41, 5.74) is 1.77. The Kier molecular flexibility index (Phi) is 4.13. The average Bonchev–Trinajstić information content (AvgIpc) is 2.77. The van der Waals surface area contributed by atoms with Crippen molar-refractivity contribution >= 4 is 0 Å². The van der Waals surface area contributed by atoms with Gasteiger partial charge in [-0.1, -0.05) is 0 Å². The fourth-order valence-electron chi connectivity index (χ4n) is 2.01. The second-order valence-electron chi connectivity index (χ2n) is 4.54. The predicted octanol–water partition coefficient (Wildman–Crippen LogP) is 3.12. The van der Waals surface area contributed by atoms with Crippen molar-refractivity contribution < 1.29 is 18.3 Å². The van der Waals surface area contributed by atoms with Gasteiger partial charge in [0.1, 0.15) is 0 Å². The van der Waals surface area contributed by atoms with Crippen LogP contribution in [0.1, 0.15) is 23.2 Å². The Morgan fingerprint density at radius 3 is 2.40 bits per heavy atom. The molecule has 2 aromatic rings. The topological polar surface area (TPSA) is 38.1 Å². The molecule has 0 aliphatic carbocycles. The largest absolute Gasteiger partial charge is 0.416 e. The number of aliphatic hydroxyl groups excluding tert-OH is 1. The van der Waals surface area contributed by atoms with E-state index in [9.17, 15) is 13.2 Å². The lowest BCUT2D eigenvalue weighted by Gasteiger charge is -2.09. The minimum absolute atomic E-state index is 0.102. The normalized spacial score (nSPS) is 11.8. The molecule has 0 spiro atoms. The van der Waals surface area contributed by atoms with Gasteiger partial charge in [0.2, 0.25) is 0 Å². The van der Waals surface area contributed by atoms with E-state index in [1.807, 2.05) is 6.92 Å². The maximum Gasteiger partial charge on any atom is 0.416 e. The summed E-state index contributed by atoms with van der Waals surface area (Å²) in [7, 11) is 0. The van der Waals surface area contributed by atoms with Gasteiger partial charge < -0.3 is 5.11 Å². The lowest BCUT2D eigenvalue weighted by molar-refractivity contribution is -0.137. The van der Waals surface area contributed by atoms with Gasteiger partial charge in [0.05, 0.1) is 17.4 Å². The summed E-state index contributed by atoms with van der Waals surface area (Å²) in [5.74, 6) is 0. The molecule has 0 aliphatic rings. The summed E-state index contributed by atoms with van der Waals surface area (Å²) in [6.07, 6.45) is -1.31. The van der Waals surface area contributed by atoms with Crippen molar-refractivity contribution in [1.29, 1.82) is 0 Å². The number of alkyl halides is 3. The van der Waals surface area contributed by atoms with Crippen LogP contribution in [0, 0.1) is 6.92 Å². The van der Waals surface area contributed by atoms with Crippen LogP contribution < -0.4 is 0 Å². The predicted molar refractivity (Wildman–Crippen MR) is 68.7 cm³/mol. The fraction of sp³-hybridized carbons (Fsp3) is 0.357. The van der Waals surface area contributed by atoms with Gasteiger partial charge in [-0.05, 0) is 49.6 Å². The molecule has 0 fully saturated rings. The quantitative estimate of drug-likeness (QED) is 0.936. The highest BCUT2D eigenvalue weighted by Crippen LogP contribution is 2.29. The molecule has 0 saturated carbocycles. The van der Waals surface area contributed by atoms with E-state index >= 15 is 0 Å². The molecule has 0 radical (unpaired) electrons. The van der Waals surface area contributed by atoms with Gasteiger partial charge in [0.25, 0.3) is 0 Å². The number of rotatable bonds is 4. The van der Waals surface area contributed by atoms with Gasteiger partial charge in [-0.2, -0.15) is 18.3 Å². The maximum atomic E-state index is 12.5. The van der Waals surface area contributed by atoms with E-state index in [4.69, 9.17) is 5.11 Å². The van der Waals surface area contributed by atoms with Gasteiger partial charge in [0.15, 0.2) is 0 Å². The Labute approximate surface area is 114 Å². The van der Waals surface area contributed by atoms with Crippen LogP contribution in [0.25, 0.3) is 5.69 Å². The summed E-state index contributed by atoms with van der Waals surface area (Å²) >= 11 is 0. The molecule has 1 N–H and O–H groups in total. The monoisotopic (exact) mass is 284 g/mol. The third-order valence-corrected chi connectivity index (χ3v) is 3.15. The van der Waals surface area contributed by atoms with Gasteiger partial charge in [0, 0.05) is 12.3 Å². The highest BCUT2D eigenvalue weighted by molar-refractivity contribution is 5.37. The van der Waals surface area contributed by atoms with Gasteiger partial charge in [-0.25, -0.2) is 4.68 Å². The van der Waals surface area contributed by atoms with E-state index in [2.05, 4.69) is 5.10 Å². The number of aliphatic hydroxyl groups is 1. The standard InChI is InChI=1S/C14H15F3N2O/c1-10-11(3-2-8-20)9-18-19(10)13-6-4-12(5-7-13)14(15,16)17/h4-7,9,20H,2-3,8H2,1H3. The molecule has 1 aromatic heterocycles. The van der Waals surface area contributed by atoms with E-state index < -0.39 is 11.7 Å². The lowest BCUT2D eigenvalue weighted by Crippen LogP contribution is -2.06. The van der Waals surface area contributed by atoms with Crippen molar-refractivity contribution in [3.8, 4) is 5.69 Å². The van der Waals surface area contributed by atoms with Gasteiger partial charge in [-0.3, -0.25) is 0 Å². The zero-order chi connectivity index (χ0) is 14.8. The van der Waals surface area contributed by atoms with Gasteiger partial charge in [-0.15, -0.1) is 0 Å². The van der Waals surface area contributed by atoms with Crippen LogP contribution in [0.3, 0.4) is 0 Å². The molecule has 3 nitrogen and oxygen atoms in total. The molecule has 20 heavy (non-hydrogen) atoms. The molecule has 0 unspecified atom stereocenters. The highest BCUT2D eigenvalue weighted by atomic mass is 19.4. The van der Waals surface area contributed by atoms with E-state index in [1.54, 1.807) is 10.9 Å². The Morgan fingerprint density at radius 2 is 1.85 bits per heavy atom. The van der Waals surface area contributed by atoms with Crippen molar-refractivity contribution in [3.05, 3.63) is 47.3 Å². The van der Waals surface area contributed by atoms with Crippen molar-refractivity contribution in [1.82, 2.24) is 9.78 Å². The smallest absolute Gasteiger partial charge is 0.396 e. The molecule has 0 aliphatic heterocycles. The third-order valence-electron chi connectivity index (χ3n) is 3.15. The fourth-order valence-corrected chi connectivity index (χ4v) is 2.01. The van der Waals surface area contributed by atoms with Crippen LogP contribution in [0.4, 0.5) is 13.2 Å². The van der Waals surface area contributed by atoms with Crippen LogP contribution in [-0.4, -0.2) is 21.5 Å². The maximum absolute atomic E-state index is 12.5. The minimum atomic E-state index is -4.33. The van der Waals surface area contributed by atoms with Crippen molar-refractivity contribution in [2.24, 2.45) is 0 Å². The van der Waals surface area contributed by atoms with Crippen LogP contribution >= 0.6 is 0 Å². The van der Waals surface area contributed by atoms with Crippen LogP contribution in [0.2, 0.25) is 0 Å². The highest BCUT2D eigenvalue weighted by Gasteiger charge is 2.30. The number of hydrogen-bond acceptors (Lipinski definition) is 2. The molecule has 0 bridgehead atoms. The Morgan fingerprint density at radius 1 is 1.20 bits per heavy atom. The first kappa shape index (κ1) is 14.6. The van der Waals surface area contributed by atoms with E-state index in [0.717, 1.165) is 23.4 Å². The third kappa shape index (κ3) is 3.01. The summed E-state index contributed by atoms with van der Waals surface area (Å²) in [5, 5.41) is 13.0. The van der Waals surface area contributed by atoms with Gasteiger partial charge >= 0.3 is 6.18 Å². The Hall–Kier alpha value is -1.82. The van der Waals surface area contributed by atoms with Crippen LogP contribution in [0.5, 0.6) is 0 Å². The molecule has 1 heterocycles. The second kappa shape index (κ2) is 5.66. The minimum Gasteiger partial charge on any atom is -0.396 e. The summed E-state index contributed by atoms with van der Waals surface area (Å²) in [6, 6.07) is 4.89. The number of halogens is 3. The first-order valence-corrected chi connectivity index (χ1v) is 6.25. The molecule has 6 heteroatoms. The van der Waals surface area contributed by atoms with Crippen molar-refractivity contribution in [2.45, 2.75) is 25.9 Å². The molecule has 108 valence electrons. The van der Waals surface area contributed by atoms with E-state index in [1.165, 1.54) is 12.1 Å². The van der Waals surface area contributed by atoms with Crippen molar-refractivity contribution in [3.63, 3.8) is 0 Å². The number of nitrogens with zero attached hydrogens (tertiary/aromatic N) is 2. The molecule has 1 aromatic carbocycles. The molecular weight excluding hydrogens is 269 g/mol. The number of benzene rings is 1. The van der Waals surface area contributed by atoms with Crippen molar-refractivity contribution in [2.75, 3.05) is 6.61 Å². The zero-order valence-corrected chi connectivity index (χ0v) is 11.0. The zero-order valence-electron chi connectivity index (χ0n) is 11.0. The first-order chi connectivity index (χ1) is 9.43. The van der Waals surface area contributed by atoms with Crippen LogP contribution in [0.15, 0.2) is 30.5 Å². The lowest BCUT2D eigenvalue weighted by atomic mass is 10.1. The van der Waals surface area contributed by atoms with E-state index in [0.29, 0.717) is 18.5 Å². The summed E-state index contributed by atoms with van der Waals surface area (Å²) in [4.78, 5) is 0. The SMILES string of the molecule is Cc1c(CCCO)cnn1-c1ccc(C(F)(F)F)cc1. The molecule has 0 amide bonds. The Bertz CT molecular complexity index is 573. The molecule has 2 rings (SSSR count). The summed E-state index contributed by atoms with van der Waals surface area (Å²) < 4.78 is 39.1. The number of aromatic nitrogens is 2. The summed E-state index contributed by atoms with van der Waals surface area (Å²) in [6.45, 7) is 1.96. The molecule has 0 atom stereocenters. The Balaban J connectivity index is 2.26. The number of hydrogen-bond donors (Lipinski definition) is 1.